The molecule has 2 amide bonds. The molecule has 0 radical (unpaired) electrons. The number of fused-ring (bicyclic) bond motifs is 1. The maximum absolute atomic E-state index is 11.7. The SMILES string of the molecule is O=C1C2CC2C(=O)N1CCc1nc(CCl)cs1. The molecule has 0 spiro atoms. The van der Waals surface area contributed by atoms with Gasteiger partial charge in [0.2, 0.25) is 11.8 Å². The van der Waals surface area contributed by atoms with Crippen LogP contribution in [0.5, 0.6) is 0 Å². The van der Waals surface area contributed by atoms with Gasteiger partial charge in [-0.05, 0) is 6.42 Å². The van der Waals surface area contributed by atoms with Crippen molar-refractivity contribution >= 4 is 34.8 Å². The van der Waals surface area contributed by atoms with Gasteiger partial charge < -0.3 is 0 Å². The van der Waals surface area contributed by atoms with E-state index in [1.165, 1.54) is 16.2 Å². The van der Waals surface area contributed by atoms with E-state index in [1.54, 1.807) is 0 Å². The molecule has 2 heterocycles. The van der Waals surface area contributed by atoms with Crippen LogP contribution in [0.4, 0.5) is 0 Å². The standard InChI is InChI=1S/C11H11ClN2O2S/c12-4-6-5-17-9(13-6)1-2-14-10(15)7-3-8(7)11(14)16/h5,7-8H,1-4H2. The zero-order valence-corrected chi connectivity index (χ0v) is 10.6. The lowest BCUT2D eigenvalue weighted by atomic mass is 10.3. The quantitative estimate of drug-likeness (QED) is 0.614. The van der Waals surface area contributed by atoms with Gasteiger partial charge in [-0.25, -0.2) is 4.98 Å². The number of carbonyl (C=O) groups is 2. The van der Waals surface area contributed by atoms with E-state index in [0.717, 1.165) is 17.1 Å². The summed E-state index contributed by atoms with van der Waals surface area (Å²) in [6.07, 6.45) is 1.40. The first-order valence-electron chi connectivity index (χ1n) is 5.55. The van der Waals surface area contributed by atoms with Crippen LogP contribution in [0.3, 0.4) is 0 Å². The van der Waals surface area contributed by atoms with Gasteiger partial charge in [-0.2, -0.15) is 0 Å². The average molecular weight is 271 g/mol. The van der Waals surface area contributed by atoms with Crippen molar-refractivity contribution in [2.75, 3.05) is 6.54 Å². The first-order valence-corrected chi connectivity index (χ1v) is 6.96. The molecule has 1 aliphatic heterocycles. The maximum atomic E-state index is 11.7. The number of amides is 2. The highest BCUT2D eigenvalue weighted by atomic mass is 35.5. The monoisotopic (exact) mass is 270 g/mol. The molecule has 2 fully saturated rings. The Balaban J connectivity index is 1.61. The van der Waals surface area contributed by atoms with E-state index < -0.39 is 0 Å². The highest BCUT2D eigenvalue weighted by Gasteiger charge is 2.58. The lowest BCUT2D eigenvalue weighted by molar-refractivity contribution is -0.141. The lowest BCUT2D eigenvalue weighted by Crippen LogP contribution is -2.34. The third-order valence-corrected chi connectivity index (χ3v) is 4.47. The molecule has 2 aliphatic rings. The molecule has 0 bridgehead atoms. The molecule has 1 aromatic heterocycles. The summed E-state index contributed by atoms with van der Waals surface area (Å²) in [6, 6.07) is 0. The molecule has 1 aromatic rings. The summed E-state index contributed by atoms with van der Waals surface area (Å²) in [5.41, 5.74) is 0.855. The van der Waals surface area contributed by atoms with E-state index in [1.807, 2.05) is 5.38 Å². The molecule has 4 nitrogen and oxygen atoms in total. The molecule has 90 valence electrons. The van der Waals surface area contributed by atoms with E-state index in [9.17, 15) is 9.59 Å². The molecule has 0 N–H and O–H groups in total. The van der Waals surface area contributed by atoms with Gasteiger partial charge in [-0.3, -0.25) is 14.5 Å². The summed E-state index contributed by atoms with van der Waals surface area (Å²) in [7, 11) is 0. The number of carbonyl (C=O) groups excluding carboxylic acids is 2. The maximum Gasteiger partial charge on any atom is 0.233 e. The van der Waals surface area contributed by atoms with Crippen molar-refractivity contribution in [3.8, 4) is 0 Å². The van der Waals surface area contributed by atoms with Gasteiger partial charge in [0, 0.05) is 18.3 Å². The molecule has 0 aromatic carbocycles. The number of aromatic nitrogens is 1. The number of imide groups is 1. The van der Waals surface area contributed by atoms with E-state index >= 15 is 0 Å². The van der Waals surface area contributed by atoms with Crippen LogP contribution in [0.1, 0.15) is 17.1 Å². The van der Waals surface area contributed by atoms with Gasteiger partial charge in [0.15, 0.2) is 0 Å². The molecule has 1 saturated heterocycles. The Kier molecular flexibility index (Phi) is 2.67. The fourth-order valence-corrected chi connectivity index (χ4v) is 3.22. The molecular weight excluding hydrogens is 260 g/mol. The van der Waals surface area contributed by atoms with Crippen LogP contribution in [-0.4, -0.2) is 28.2 Å². The highest BCUT2D eigenvalue weighted by molar-refractivity contribution is 7.09. The zero-order chi connectivity index (χ0) is 12.0. The number of likely N-dealkylation sites (tertiary alicyclic amines) is 1. The number of hydrogen-bond acceptors (Lipinski definition) is 4. The van der Waals surface area contributed by atoms with Crippen molar-refractivity contribution in [3.05, 3.63) is 16.1 Å². The summed E-state index contributed by atoms with van der Waals surface area (Å²) >= 11 is 7.19. The fourth-order valence-electron chi connectivity index (χ4n) is 2.20. The first kappa shape index (κ1) is 11.2. The number of halogens is 1. The summed E-state index contributed by atoms with van der Waals surface area (Å²) < 4.78 is 0. The van der Waals surface area contributed by atoms with Gasteiger partial charge >= 0.3 is 0 Å². The molecule has 1 aliphatic carbocycles. The van der Waals surface area contributed by atoms with Crippen LogP contribution >= 0.6 is 22.9 Å². The molecule has 2 unspecified atom stereocenters. The Morgan fingerprint density at radius 2 is 2.12 bits per heavy atom. The topological polar surface area (TPSA) is 50.3 Å². The minimum absolute atomic E-state index is 0.00259. The Morgan fingerprint density at radius 1 is 1.41 bits per heavy atom. The van der Waals surface area contributed by atoms with Crippen LogP contribution in [-0.2, 0) is 21.9 Å². The second-order valence-electron chi connectivity index (χ2n) is 4.39. The normalized spacial score (nSPS) is 26.5. The number of hydrogen-bond donors (Lipinski definition) is 0. The van der Waals surface area contributed by atoms with Crippen LogP contribution in [0.2, 0.25) is 0 Å². The fraction of sp³-hybridized carbons (Fsp3) is 0.545. The van der Waals surface area contributed by atoms with Crippen molar-refractivity contribution in [2.45, 2.75) is 18.7 Å². The van der Waals surface area contributed by atoms with Gasteiger partial charge in [0.25, 0.3) is 0 Å². The van der Waals surface area contributed by atoms with Crippen molar-refractivity contribution in [3.63, 3.8) is 0 Å². The number of piperidine rings is 1. The number of thiazole rings is 1. The smallest absolute Gasteiger partial charge is 0.233 e. The summed E-state index contributed by atoms with van der Waals surface area (Å²) in [6.45, 7) is 0.458. The van der Waals surface area contributed by atoms with Crippen LogP contribution in [0.25, 0.3) is 0 Å². The Labute approximate surface area is 108 Å². The first-order chi connectivity index (χ1) is 8.20. The number of alkyl halides is 1. The molecule has 3 rings (SSSR count). The van der Waals surface area contributed by atoms with Crippen molar-refractivity contribution in [1.29, 1.82) is 0 Å². The van der Waals surface area contributed by atoms with Gasteiger partial charge in [-0.15, -0.1) is 22.9 Å². The molecule has 6 heteroatoms. The third-order valence-electron chi connectivity index (χ3n) is 3.24. The Morgan fingerprint density at radius 3 is 2.71 bits per heavy atom. The predicted octanol–water partition coefficient (Wildman–Crippen LogP) is 1.43. The Bertz CT molecular complexity index is 468. The van der Waals surface area contributed by atoms with Crippen LogP contribution in [0.15, 0.2) is 5.38 Å². The molecular formula is C11H11ClN2O2S. The van der Waals surface area contributed by atoms with Crippen molar-refractivity contribution in [1.82, 2.24) is 9.88 Å². The summed E-state index contributed by atoms with van der Waals surface area (Å²) in [5, 5.41) is 2.84. The third kappa shape index (κ3) is 1.87. The van der Waals surface area contributed by atoms with Crippen molar-refractivity contribution < 1.29 is 9.59 Å². The highest BCUT2D eigenvalue weighted by Crippen LogP contribution is 2.46. The zero-order valence-electron chi connectivity index (χ0n) is 9.06. The van der Waals surface area contributed by atoms with E-state index in [0.29, 0.717) is 18.8 Å². The molecule has 17 heavy (non-hydrogen) atoms. The predicted molar refractivity (Wildman–Crippen MR) is 63.7 cm³/mol. The van der Waals surface area contributed by atoms with Crippen LogP contribution in [0, 0.1) is 11.8 Å². The number of nitrogens with zero attached hydrogens (tertiary/aromatic N) is 2. The largest absolute Gasteiger partial charge is 0.282 e. The second kappa shape index (κ2) is 4.07. The lowest BCUT2D eigenvalue weighted by Gasteiger charge is -2.14. The molecule has 2 atom stereocenters. The van der Waals surface area contributed by atoms with E-state index in [2.05, 4.69) is 4.98 Å². The van der Waals surface area contributed by atoms with Gasteiger partial charge in [-0.1, -0.05) is 0 Å². The minimum Gasteiger partial charge on any atom is -0.282 e. The van der Waals surface area contributed by atoms with Crippen LogP contribution < -0.4 is 0 Å². The average Bonchev–Trinajstić information content (AvgIpc) is 2.94. The molecule has 1 saturated carbocycles. The van der Waals surface area contributed by atoms with Crippen molar-refractivity contribution in [2.24, 2.45) is 11.8 Å². The van der Waals surface area contributed by atoms with E-state index in [4.69, 9.17) is 11.6 Å². The van der Waals surface area contributed by atoms with Gasteiger partial charge in [0.1, 0.15) is 0 Å². The summed E-state index contributed by atoms with van der Waals surface area (Å²) in [4.78, 5) is 29.1. The minimum atomic E-state index is -0.00259. The number of rotatable bonds is 4. The van der Waals surface area contributed by atoms with Gasteiger partial charge in [0.05, 0.1) is 28.4 Å². The Hall–Kier alpha value is -0.940. The second-order valence-corrected chi connectivity index (χ2v) is 5.60. The van der Waals surface area contributed by atoms with E-state index in [-0.39, 0.29) is 23.7 Å². The summed E-state index contributed by atoms with van der Waals surface area (Å²) in [5.74, 6) is 0.417.